The molecule has 0 aromatic heterocycles. The molecule has 0 unspecified atom stereocenters. The molecule has 1 atom stereocenters. The van der Waals surface area contributed by atoms with Crippen molar-refractivity contribution in [3.05, 3.63) is 0 Å². The summed E-state index contributed by atoms with van der Waals surface area (Å²) in [4.78, 5) is 11.4. The van der Waals surface area contributed by atoms with Crippen molar-refractivity contribution in [2.45, 2.75) is 52.1 Å². The van der Waals surface area contributed by atoms with Crippen molar-refractivity contribution in [2.24, 2.45) is 0 Å². The van der Waals surface area contributed by atoms with Gasteiger partial charge < -0.3 is 15.7 Å². The maximum absolute atomic E-state index is 11.4. The second kappa shape index (κ2) is 8.68. The lowest BCUT2D eigenvalue weighted by atomic mass is 10.2. The Hall–Kier alpha value is -0.610. The summed E-state index contributed by atoms with van der Waals surface area (Å²) in [5.74, 6) is 0.0291. The Labute approximate surface area is 92.4 Å². The zero-order valence-electron chi connectivity index (χ0n) is 10.0. The first-order valence-corrected chi connectivity index (χ1v) is 5.73. The van der Waals surface area contributed by atoms with Gasteiger partial charge in [-0.25, -0.2) is 0 Å². The van der Waals surface area contributed by atoms with Gasteiger partial charge in [-0.2, -0.15) is 0 Å². The molecule has 0 saturated heterocycles. The van der Waals surface area contributed by atoms with E-state index in [1.807, 2.05) is 6.92 Å². The lowest BCUT2D eigenvalue weighted by Crippen LogP contribution is -2.37. The van der Waals surface area contributed by atoms with Crippen LogP contribution in [0.3, 0.4) is 0 Å². The van der Waals surface area contributed by atoms with Crippen LogP contribution in [-0.2, 0) is 4.79 Å². The van der Waals surface area contributed by atoms with Crippen molar-refractivity contribution in [3.63, 3.8) is 0 Å². The van der Waals surface area contributed by atoms with Crippen molar-refractivity contribution >= 4 is 5.91 Å². The fourth-order valence-electron chi connectivity index (χ4n) is 1.22. The number of carbonyl (C=O) groups excluding carboxylic acids is 1. The minimum atomic E-state index is -0.0874. The Morgan fingerprint density at radius 1 is 1.40 bits per heavy atom. The minimum absolute atomic E-state index is 0.0203. The van der Waals surface area contributed by atoms with Crippen molar-refractivity contribution in [3.8, 4) is 0 Å². The van der Waals surface area contributed by atoms with Gasteiger partial charge in [0.15, 0.2) is 0 Å². The number of rotatable bonds is 8. The van der Waals surface area contributed by atoms with E-state index in [0.29, 0.717) is 12.5 Å². The molecule has 3 N–H and O–H groups in total. The number of hydrogen-bond acceptors (Lipinski definition) is 3. The van der Waals surface area contributed by atoms with Gasteiger partial charge in [0.25, 0.3) is 0 Å². The normalized spacial score (nSPS) is 12.9. The SMILES string of the molecule is CC[C@@H](CO)NC(=O)CCCNC(C)C. The average Bonchev–Trinajstić information content (AvgIpc) is 2.20. The van der Waals surface area contributed by atoms with Crippen LogP contribution in [0.4, 0.5) is 0 Å². The van der Waals surface area contributed by atoms with Crippen LogP contribution in [0.25, 0.3) is 0 Å². The van der Waals surface area contributed by atoms with Gasteiger partial charge in [-0.3, -0.25) is 4.79 Å². The van der Waals surface area contributed by atoms with Crippen molar-refractivity contribution < 1.29 is 9.90 Å². The van der Waals surface area contributed by atoms with Crippen LogP contribution in [0, 0.1) is 0 Å². The van der Waals surface area contributed by atoms with Gasteiger partial charge in [-0.15, -0.1) is 0 Å². The Kier molecular flexibility index (Phi) is 8.33. The fraction of sp³-hybridized carbons (Fsp3) is 0.909. The highest BCUT2D eigenvalue weighted by atomic mass is 16.3. The molecule has 0 fully saturated rings. The first kappa shape index (κ1) is 14.4. The second-order valence-corrected chi connectivity index (χ2v) is 4.07. The number of carbonyl (C=O) groups is 1. The molecule has 0 heterocycles. The molecule has 0 spiro atoms. The topological polar surface area (TPSA) is 61.4 Å². The van der Waals surface area contributed by atoms with Gasteiger partial charge in [0, 0.05) is 12.5 Å². The predicted molar refractivity (Wildman–Crippen MR) is 61.7 cm³/mol. The molecule has 0 saturated carbocycles. The van der Waals surface area contributed by atoms with Crippen LogP contribution in [0.2, 0.25) is 0 Å². The van der Waals surface area contributed by atoms with Gasteiger partial charge in [-0.05, 0) is 19.4 Å². The van der Waals surface area contributed by atoms with E-state index in [-0.39, 0.29) is 18.6 Å². The van der Waals surface area contributed by atoms with Gasteiger partial charge in [0.05, 0.1) is 12.6 Å². The Morgan fingerprint density at radius 2 is 2.07 bits per heavy atom. The van der Waals surface area contributed by atoms with E-state index in [4.69, 9.17) is 5.11 Å². The van der Waals surface area contributed by atoms with Crippen molar-refractivity contribution in [2.75, 3.05) is 13.2 Å². The average molecular weight is 216 g/mol. The van der Waals surface area contributed by atoms with Gasteiger partial charge in [0.2, 0.25) is 5.91 Å². The largest absolute Gasteiger partial charge is 0.394 e. The molecule has 0 aliphatic rings. The lowest BCUT2D eigenvalue weighted by Gasteiger charge is -2.14. The summed E-state index contributed by atoms with van der Waals surface area (Å²) >= 11 is 0. The van der Waals surface area contributed by atoms with Crippen LogP contribution in [0.1, 0.15) is 40.0 Å². The lowest BCUT2D eigenvalue weighted by molar-refractivity contribution is -0.122. The summed E-state index contributed by atoms with van der Waals surface area (Å²) in [6.45, 7) is 6.99. The standard InChI is InChI=1S/C11H24N2O2/c1-4-10(8-14)13-11(15)6-5-7-12-9(2)3/h9-10,12,14H,4-8H2,1-3H3,(H,13,15)/t10-/m0/s1. The molecule has 0 bridgehead atoms. The number of nitrogens with one attached hydrogen (secondary N) is 2. The molecule has 0 aliphatic carbocycles. The van der Waals surface area contributed by atoms with Crippen LogP contribution in [-0.4, -0.2) is 36.2 Å². The molecule has 4 heteroatoms. The van der Waals surface area contributed by atoms with E-state index in [2.05, 4.69) is 24.5 Å². The van der Waals surface area contributed by atoms with E-state index in [9.17, 15) is 4.79 Å². The fourth-order valence-corrected chi connectivity index (χ4v) is 1.22. The molecular formula is C11H24N2O2. The molecule has 0 aromatic rings. The van der Waals surface area contributed by atoms with Crippen LogP contribution < -0.4 is 10.6 Å². The number of hydrogen-bond donors (Lipinski definition) is 3. The minimum Gasteiger partial charge on any atom is -0.394 e. The highest BCUT2D eigenvalue weighted by Gasteiger charge is 2.08. The summed E-state index contributed by atoms with van der Waals surface area (Å²) in [7, 11) is 0. The smallest absolute Gasteiger partial charge is 0.220 e. The van der Waals surface area contributed by atoms with Crippen LogP contribution in [0.5, 0.6) is 0 Å². The summed E-state index contributed by atoms with van der Waals surface area (Å²) < 4.78 is 0. The molecule has 1 amide bonds. The van der Waals surface area contributed by atoms with Gasteiger partial charge in [-0.1, -0.05) is 20.8 Å². The maximum Gasteiger partial charge on any atom is 0.220 e. The molecule has 0 aromatic carbocycles. The van der Waals surface area contributed by atoms with Gasteiger partial charge in [0.1, 0.15) is 0 Å². The first-order valence-electron chi connectivity index (χ1n) is 5.73. The summed E-state index contributed by atoms with van der Waals surface area (Å²) in [5, 5.41) is 14.9. The highest BCUT2D eigenvalue weighted by Crippen LogP contribution is 1.93. The van der Waals surface area contributed by atoms with Crippen molar-refractivity contribution in [1.29, 1.82) is 0 Å². The monoisotopic (exact) mass is 216 g/mol. The first-order chi connectivity index (χ1) is 7.10. The Morgan fingerprint density at radius 3 is 2.53 bits per heavy atom. The molecule has 15 heavy (non-hydrogen) atoms. The summed E-state index contributed by atoms with van der Waals surface area (Å²) in [6.07, 6.45) is 2.13. The van der Waals surface area contributed by atoms with Crippen LogP contribution >= 0.6 is 0 Å². The number of amides is 1. The van der Waals surface area contributed by atoms with E-state index < -0.39 is 0 Å². The zero-order chi connectivity index (χ0) is 11.7. The third-order valence-corrected chi connectivity index (χ3v) is 2.21. The third kappa shape index (κ3) is 8.39. The predicted octanol–water partition coefficient (Wildman–Crippen LogP) is 0.652. The number of aliphatic hydroxyl groups excluding tert-OH is 1. The van der Waals surface area contributed by atoms with E-state index >= 15 is 0 Å². The molecule has 0 radical (unpaired) electrons. The number of aliphatic hydroxyl groups is 1. The second-order valence-electron chi connectivity index (χ2n) is 4.07. The highest BCUT2D eigenvalue weighted by molar-refractivity contribution is 5.76. The van der Waals surface area contributed by atoms with Crippen molar-refractivity contribution in [1.82, 2.24) is 10.6 Å². The molecule has 4 nitrogen and oxygen atoms in total. The summed E-state index contributed by atoms with van der Waals surface area (Å²) in [6, 6.07) is 0.379. The molecule has 90 valence electrons. The maximum atomic E-state index is 11.4. The molecule has 0 rings (SSSR count). The zero-order valence-corrected chi connectivity index (χ0v) is 10.0. The van der Waals surface area contributed by atoms with Gasteiger partial charge >= 0.3 is 0 Å². The quantitative estimate of drug-likeness (QED) is 0.522. The van der Waals surface area contributed by atoms with E-state index in [1.165, 1.54) is 0 Å². The molecule has 0 aliphatic heterocycles. The Bertz CT molecular complexity index is 168. The summed E-state index contributed by atoms with van der Waals surface area (Å²) in [5.41, 5.74) is 0. The van der Waals surface area contributed by atoms with Crippen LogP contribution in [0.15, 0.2) is 0 Å². The van der Waals surface area contributed by atoms with E-state index in [0.717, 1.165) is 19.4 Å². The Balaban J connectivity index is 3.48. The molecular weight excluding hydrogens is 192 g/mol. The third-order valence-electron chi connectivity index (χ3n) is 2.21. The van der Waals surface area contributed by atoms with E-state index in [1.54, 1.807) is 0 Å².